The monoisotopic (exact) mass is 438 g/mol. The number of amidine groups is 1. The van der Waals surface area contributed by atoms with Crippen LogP contribution in [0.2, 0.25) is 0 Å². The lowest BCUT2D eigenvalue weighted by Gasteiger charge is -2.18. The molecule has 0 unspecified atom stereocenters. The minimum absolute atomic E-state index is 0.394. The number of nitrogens with one attached hydrogen (secondary N) is 1. The highest BCUT2D eigenvalue weighted by Gasteiger charge is 2.15. The summed E-state index contributed by atoms with van der Waals surface area (Å²) in [6, 6.07) is 11.4. The first kappa shape index (κ1) is 26.8. The Labute approximate surface area is 192 Å². The molecule has 172 valence electrons. The number of hydrogen-bond donors (Lipinski definition) is 1. The molecule has 6 heteroatoms. The van der Waals surface area contributed by atoms with Gasteiger partial charge in [0.15, 0.2) is 11.5 Å². The average Bonchev–Trinajstić information content (AvgIpc) is 2.82. The molecule has 0 fully saturated rings. The van der Waals surface area contributed by atoms with Gasteiger partial charge in [0, 0.05) is 37.2 Å². The molecule has 0 amide bonds. The maximum Gasteiger partial charge on any atom is 0.162 e. The highest BCUT2D eigenvalue weighted by molar-refractivity contribution is 6.09. The fourth-order valence-corrected chi connectivity index (χ4v) is 2.70. The standard InChI is InChI=1S/C24H28N2O4.C2H6/c1-6-19-9-8-10-20(16-19)26-24(25-7-2)21-17-23(30-14-12-28-5)22(15-18(21)3)29-13-11-27-4;1-2/h1,7-10,15-17H,2,11-14H2,3-5H3,(H,25,26);1-2H3. The van der Waals surface area contributed by atoms with Gasteiger partial charge in [-0.2, -0.15) is 0 Å². The van der Waals surface area contributed by atoms with Crippen LogP contribution in [0.1, 0.15) is 30.5 Å². The third-order valence-corrected chi connectivity index (χ3v) is 4.15. The fourth-order valence-electron chi connectivity index (χ4n) is 2.70. The summed E-state index contributed by atoms with van der Waals surface area (Å²) >= 11 is 0. The van der Waals surface area contributed by atoms with Gasteiger partial charge in [0.25, 0.3) is 0 Å². The Balaban J connectivity index is 0.00000249. The molecule has 0 aromatic heterocycles. The van der Waals surface area contributed by atoms with Gasteiger partial charge in [-0.15, -0.1) is 6.42 Å². The average molecular weight is 439 g/mol. The second-order valence-corrected chi connectivity index (χ2v) is 6.31. The van der Waals surface area contributed by atoms with Gasteiger partial charge < -0.3 is 24.3 Å². The SMILES string of the molecule is C#Cc1cccc(NC(=NC=C)c2cc(OCCOC)c(OCCOC)cc2C)c1.CC. The lowest BCUT2D eigenvalue weighted by atomic mass is 10.1. The minimum atomic E-state index is 0.394. The molecule has 0 aliphatic rings. The number of nitrogens with zero attached hydrogens (tertiary/aromatic N) is 1. The topological polar surface area (TPSA) is 61.3 Å². The van der Waals surface area contributed by atoms with Gasteiger partial charge >= 0.3 is 0 Å². The maximum absolute atomic E-state index is 5.89. The third-order valence-electron chi connectivity index (χ3n) is 4.15. The molecule has 0 spiro atoms. The summed E-state index contributed by atoms with van der Waals surface area (Å²) < 4.78 is 21.9. The van der Waals surface area contributed by atoms with Crippen molar-refractivity contribution in [2.24, 2.45) is 4.99 Å². The van der Waals surface area contributed by atoms with Crippen molar-refractivity contribution in [1.82, 2.24) is 0 Å². The van der Waals surface area contributed by atoms with Crippen LogP contribution in [0.25, 0.3) is 0 Å². The van der Waals surface area contributed by atoms with E-state index in [0.29, 0.717) is 43.8 Å². The van der Waals surface area contributed by atoms with E-state index in [2.05, 4.69) is 22.8 Å². The first-order valence-corrected chi connectivity index (χ1v) is 10.5. The normalized spacial score (nSPS) is 10.4. The predicted octanol–water partition coefficient (Wildman–Crippen LogP) is 5.06. The largest absolute Gasteiger partial charge is 0.487 e. The number of hydrogen-bond acceptors (Lipinski definition) is 5. The zero-order valence-electron chi connectivity index (χ0n) is 19.7. The Morgan fingerprint density at radius 1 is 1.03 bits per heavy atom. The first-order chi connectivity index (χ1) is 15.6. The quantitative estimate of drug-likeness (QED) is 0.230. The Morgan fingerprint density at radius 3 is 2.22 bits per heavy atom. The van der Waals surface area contributed by atoms with E-state index in [-0.39, 0.29) is 0 Å². The van der Waals surface area contributed by atoms with Crippen LogP contribution in [0.4, 0.5) is 5.69 Å². The van der Waals surface area contributed by atoms with Crippen LogP contribution < -0.4 is 14.8 Å². The molecule has 0 saturated carbocycles. The lowest BCUT2D eigenvalue weighted by Crippen LogP contribution is -2.16. The van der Waals surface area contributed by atoms with Gasteiger partial charge in [-0.05, 0) is 42.8 Å². The summed E-state index contributed by atoms with van der Waals surface area (Å²) in [6.07, 6.45) is 7.00. The molecule has 0 aliphatic heterocycles. The Kier molecular flexibility index (Phi) is 13.0. The van der Waals surface area contributed by atoms with Crippen LogP contribution in [-0.4, -0.2) is 46.5 Å². The summed E-state index contributed by atoms with van der Waals surface area (Å²) in [5.41, 5.74) is 3.42. The zero-order valence-corrected chi connectivity index (χ0v) is 19.7. The second-order valence-electron chi connectivity index (χ2n) is 6.31. The molecule has 0 aliphatic carbocycles. The second kappa shape index (κ2) is 15.5. The van der Waals surface area contributed by atoms with Gasteiger partial charge in [0.2, 0.25) is 0 Å². The number of aliphatic imine (C=N–C) groups is 1. The van der Waals surface area contributed by atoms with Crippen molar-refractivity contribution < 1.29 is 18.9 Å². The number of benzene rings is 2. The predicted molar refractivity (Wildman–Crippen MR) is 132 cm³/mol. The molecule has 0 atom stereocenters. The number of rotatable bonds is 11. The minimum Gasteiger partial charge on any atom is -0.487 e. The number of anilines is 1. The van der Waals surface area contributed by atoms with E-state index in [9.17, 15) is 0 Å². The van der Waals surface area contributed by atoms with Gasteiger partial charge in [0.1, 0.15) is 19.0 Å². The highest BCUT2D eigenvalue weighted by atomic mass is 16.5. The van der Waals surface area contributed by atoms with E-state index in [4.69, 9.17) is 25.4 Å². The molecule has 6 nitrogen and oxygen atoms in total. The van der Waals surface area contributed by atoms with Gasteiger partial charge in [-0.25, -0.2) is 4.99 Å². The van der Waals surface area contributed by atoms with E-state index in [1.165, 1.54) is 6.20 Å². The maximum atomic E-state index is 5.89. The molecule has 1 N–H and O–H groups in total. The van der Waals surface area contributed by atoms with Crippen molar-refractivity contribution in [3.8, 4) is 23.8 Å². The van der Waals surface area contributed by atoms with Gasteiger partial charge in [-0.3, -0.25) is 0 Å². The zero-order chi connectivity index (χ0) is 23.8. The van der Waals surface area contributed by atoms with Crippen LogP contribution in [-0.2, 0) is 9.47 Å². The molecule has 2 aromatic rings. The van der Waals surface area contributed by atoms with Crippen LogP contribution >= 0.6 is 0 Å². The molecule has 0 radical (unpaired) electrons. The summed E-state index contributed by atoms with van der Waals surface area (Å²) in [5, 5.41) is 3.32. The van der Waals surface area contributed by atoms with E-state index in [0.717, 1.165) is 22.4 Å². The summed E-state index contributed by atoms with van der Waals surface area (Å²) in [5.74, 6) is 4.49. The Hall–Kier alpha value is -3.27. The van der Waals surface area contributed by atoms with Crippen molar-refractivity contribution in [3.05, 3.63) is 65.9 Å². The molecule has 2 rings (SSSR count). The Bertz CT molecular complexity index is 917. The van der Waals surface area contributed by atoms with Crippen LogP contribution in [0.5, 0.6) is 11.5 Å². The van der Waals surface area contributed by atoms with Crippen molar-refractivity contribution >= 4 is 11.5 Å². The van der Waals surface area contributed by atoms with E-state index >= 15 is 0 Å². The summed E-state index contributed by atoms with van der Waals surface area (Å²) in [7, 11) is 3.26. The van der Waals surface area contributed by atoms with Gasteiger partial charge in [0.05, 0.1) is 13.2 Å². The third kappa shape index (κ3) is 8.46. The van der Waals surface area contributed by atoms with Crippen molar-refractivity contribution in [2.75, 3.05) is 46.0 Å². The van der Waals surface area contributed by atoms with E-state index in [1.807, 2.05) is 57.2 Å². The number of methoxy groups -OCH3 is 2. The molecule has 0 bridgehead atoms. The lowest BCUT2D eigenvalue weighted by molar-refractivity contribution is 0.132. The summed E-state index contributed by atoms with van der Waals surface area (Å²) in [6.45, 7) is 11.5. The molecule has 0 heterocycles. The number of ether oxygens (including phenoxy) is 4. The molecule has 0 saturated heterocycles. The van der Waals surface area contributed by atoms with Crippen LogP contribution in [0.3, 0.4) is 0 Å². The molecule has 32 heavy (non-hydrogen) atoms. The molecular formula is C26H34N2O4. The van der Waals surface area contributed by atoms with E-state index in [1.54, 1.807) is 14.2 Å². The van der Waals surface area contributed by atoms with Gasteiger partial charge in [-0.1, -0.05) is 32.4 Å². The Morgan fingerprint density at radius 2 is 1.66 bits per heavy atom. The number of aryl methyl sites for hydroxylation is 1. The smallest absolute Gasteiger partial charge is 0.162 e. The molecule has 2 aromatic carbocycles. The fraction of sp³-hybridized carbons (Fsp3) is 0.346. The summed E-state index contributed by atoms with van der Waals surface area (Å²) in [4.78, 5) is 4.43. The van der Waals surface area contributed by atoms with E-state index < -0.39 is 0 Å². The first-order valence-electron chi connectivity index (χ1n) is 10.5. The highest BCUT2D eigenvalue weighted by Crippen LogP contribution is 2.32. The number of terminal acetylenes is 1. The van der Waals surface area contributed by atoms with Crippen molar-refractivity contribution in [1.29, 1.82) is 0 Å². The van der Waals surface area contributed by atoms with Crippen molar-refractivity contribution in [3.63, 3.8) is 0 Å². The van der Waals surface area contributed by atoms with Crippen LogP contribution in [0.15, 0.2) is 54.2 Å². The van der Waals surface area contributed by atoms with Crippen molar-refractivity contribution in [2.45, 2.75) is 20.8 Å². The van der Waals surface area contributed by atoms with Crippen LogP contribution in [0, 0.1) is 19.3 Å². The molecular weight excluding hydrogens is 404 g/mol.